The van der Waals surface area contributed by atoms with Crippen LogP contribution >= 0.6 is 0 Å². The van der Waals surface area contributed by atoms with Gasteiger partial charge in [0.15, 0.2) is 0 Å². The summed E-state index contributed by atoms with van der Waals surface area (Å²) in [6.45, 7) is 2.06. The van der Waals surface area contributed by atoms with Crippen molar-refractivity contribution in [1.29, 1.82) is 0 Å². The molecular formula is C12H16N4. The van der Waals surface area contributed by atoms with Crippen molar-refractivity contribution in [3.8, 4) is 0 Å². The average Bonchev–Trinajstić information content (AvgIpc) is 3.04. The Bertz CT molecular complexity index is 423. The molecule has 2 rings (SSSR count). The van der Waals surface area contributed by atoms with Crippen LogP contribution in [0.5, 0.6) is 0 Å². The molecule has 4 heteroatoms. The van der Waals surface area contributed by atoms with Crippen molar-refractivity contribution >= 4 is 11.7 Å². The molecular weight excluding hydrogens is 200 g/mol. The summed E-state index contributed by atoms with van der Waals surface area (Å²) in [4.78, 5) is 0. The zero-order chi connectivity index (χ0) is 11.5. The Kier molecular flexibility index (Phi) is 2.90. The van der Waals surface area contributed by atoms with Gasteiger partial charge in [-0.25, -0.2) is 0 Å². The third kappa shape index (κ3) is 2.59. The molecule has 1 aromatic rings. The lowest BCUT2D eigenvalue weighted by Crippen LogP contribution is -2.22. The van der Waals surface area contributed by atoms with Crippen molar-refractivity contribution in [2.75, 3.05) is 0 Å². The van der Waals surface area contributed by atoms with Crippen LogP contribution < -0.4 is 11.5 Å². The summed E-state index contributed by atoms with van der Waals surface area (Å²) in [5.74, 6) is 0.524. The molecule has 4 nitrogen and oxygen atoms in total. The van der Waals surface area contributed by atoms with Gasteiger partial charge in [-0.2, -0.15) is 5.10 Å². The molecule has 16 heavy (non-hydrogen) atoms. The molecule has 0 aromatic heterocycles. The molecule has 0 amide bonds. The lowest BCUT2D eigenvalue weighted by atomic mass is 10.1. The van der Waals surface area contributed by atoms with E-state index >= 15 is 0 Å². The minimum Gasteiger partial charge on any atom is -0.369 e. The molecule has 0 atom stereocenters. The van der Waals surface area contributed by atoms with Crippen LogP contribution in [0, 0.1) is 12.8 Å². The number of hydrogen-bond acceptors (Lipinski definition) is 2. The van der Waals surface area contributed by atoms with E-state index in [1.165, 1.54) is 18.4 Å². The second-order valence-corrected chi connectivity index (χ2v) is 4.15. The number of nitrogens with two attached hydrogens (primary N) is 2. The Morgan fingerprint density at radius 2 is 1.75 bits per heavy atom. The van der Waals surface area contributed by atoms with Crippen molar-refractivity contribution in [3.63, 3.8) is 0 Å². The summed E-state index contributed by atoms with van der Waals surface area (Å²) in [6.07, 6.45) is 2.35. The number of hydrogen-bond donors (Lipinski definition) is 2. The van der Waals surface area contributed by atoms with Gasteiger partial charge in [0.25, 0.3) is 0 Å². The fourth-order valence-electron chi connectivity index (χ4n) is 1.57. The molecule has 1 aromatic carbocycles. The number of rotatable bonds is 3. The maximum absolute atomic E-state index is 5.28. The van der Waals surface area contributed by atoms with Gasteiger partial charge >= 0.3 is 0 Å². The van der Waals surface area contributed by atoms with Crippen molar-refractivity contribution < 1.29 is 0 Å². The third-order valence-corrected chi connectivity index (χ3v) is 2.58. The lowest BCUT2D eigenvalue weighted by molar-refractivity contribution is 1.11. The van der Waals surface area contributed by atoms with Crippen LogP contribution in [0.15, 0.2) is 34.5 Å². The van der Waals surface area contributed by atoms with Gasteiger partial charge in [-0.1, -0.05) is 29.8 Å². The summed E-state index contributed by atoms with van der Waals surface area (Å²) < 4.78 is 0. The van der Waals surface area contributed by atoms with E-state index in [1.807, 2.05) is 0 Å². The lowest BCUT2D eigenvalue weighted by Gasteiger charge is -2.03. The van der Waals surface area contributed by atoms with E-state index in [2.05, 4.69) is 41.4 Å². The highest BCUT2D eigenvalue weighted by atomic mass is 15.3. The Labute approximate surface area is 95.1 Å². The van der Waals surface area contributed by atoms with E-state index in [4.69, 9.17) is 11.5 Å². The first-order valence-corrected chi connectivity index (χ1v) is 5.40. The minimum atomic E-state index is 0.00487. The zero-order valence-corrected chi connectivity index (χ0v) is 9.35. The summed E-state index contributed by atoms with van der Waals surface area (Å²) in [5.41, 5.74) is 13.9. The molecule has 0 heterocycles. The van der Waals surface area contributed by atoms with Crippen LogP contribution in [-0.4, -0.2) is 11.7 Å². The molecule has 1 fully saturated rings. The fraction of sp³-hybridized carbons (Fsp3) is 0.333. The highest BCUT2D eigenvalue weighted by Crippen LogP contribution is 2.33. The highest BCUT2D eigenvalue weighted by molar-refractivity contribution is 6.03. The van der Waals surface area contributed by atoms with E-state index in [9.17, 15) is 0 Å². The molecule has 0 radical (unpaired) electrons. The largest absolute Gasteiger partial charge is 0.369 e. The maximum Gasteiger partial charge on any atom is 0.211 e. The summed E-state index contributed by atoms with van der Waals surface area (Å²) in [5, 5.41) is 7.88. The van der Waals surface area contributed by atoms with Gasteiger partial charge in [-0.05, 0) is 25.3 Å². The molecule has 1 aliphatic carbocycles. The van der Waals surface area contributed by atoms with Gasteiger partial charge in [-0.15, -0.1) is 5.10 Å². The SMILES string of the molecule is Cc1ccc(/C(=N\N=C(N)N)C2CC2)cc1. The fourth-order valence-corrected chi connectivity index (χ4v) is 1.57. The molecule has 84 valence electrons. The summed E-state index contributed by atoms with van der Waals surface area (Å²) in [6, 6.07) is 8.27. The Hall–Kier alpha value is -1.84. The van der Waals surface area contributed by atoms with Crippen LogP contribution in [0.3, 0.4) is 0 Å². The van der Waals surface area contributed by atoms with Crippen LogP contribution in [0.1, 0.15) is 24.0 Å². The molecule has 0 unspecified atom stereocenters. The van der Waals surface area contributed by atoms with Crippen molar-refractivity contribution in [3.05, 3.63) is 35.4 Å². The smallest absolute Gasteiger partial charge is 0.211 e. The van der Waals surface area contributed by atoms with Crippen LogP contribution in [-0.2, 0) is 0 Å². The van der Waals surface area contributed by atoms with Crippen LogP contribution in [0.2, 0.25) is 0 Å². The average molecular weight is 216 g/mol. The quantitative estimate of drug-likeness (QED) is 0.455. The van der Waals surface area contributed by atoms with E-state index in [0.717, 1.165) is 11.3 Å². The summed E-state index contributed by atoms with van der Waals surface area (Å²) in [7, 11) is 0. The monoisotopic (exact) mass is 216 g/mol. The molecule has 4 N–H and O–H groups in total. The molecule has 1 saturated carbocycles. The topological polar surface area (TPSA) is 76.8 Å². The van der Waals surface area contributed by atoms with Gasteiger partial charge < -0.3 is 11.5 Å². The molecule has 0 saturated heterocycles. The van der Waals surface area contributed by atoms with Crippen LogP contribution in [0.25, 0.3) is 0 Å². The van der Waals surface area contributed by atoms with E-state index in [-0.39, 0.29) is 5.96 Å². The second kappa shape index (κ2) is 4.35. The highest BCUT2D eigenvalue weighted by Gasteiger charge is 2.28. The van der Waals surface area contributed by atoms with Gasteiger partial charge in [0.2, 0.25) is 5.96 Å². The second-order valence-electron chi connectivity index (χ2n) is 4.15. The third-order valence-electron chi connectivity index (χ3n) is 2.58. The zero-order valence-electron chi connectivity index (χ0n) is 9.35. The first-order valence-electron chi connectivity index (χ1n) is 5.40. The van der Waals surface area contributed by atoms with Gasteiger partial charge in [0.1, 0.15) is 0 Å². The normalized spacial score (nSPS) is 15.9. The number of benzene rings is 1. The molecule has 0 bridgehead atoms. The van der Waals surface area contributed by atoms with E-state index < -0.39 is 0 Å². The van der Waals surface area contributed by atoms with Crippen molar-refractivity contribution in [2.45, 2.75) is 19.8 Å². The van der Waals surface area contributed by atoms with Gasteiger partial charge in [0, 0.05) is 5.92 Å². The Morgan fingerprint density at radius 1 is 1.12 bits per heavy atom. The van der Waals surface area contributed by atoms with Gasteiger partial charge in [0.05, 0.1) is 5.71 Å². The standard InChI is InChI=1S/C12H16N4/c1-8-2-4-9(5-3-8)11(10-6-7-10)15-16-12(13)14/h2-5,10H,6-7H2,1H3,(H4,13,14,16)/b15-11+. The first-order chi connectivity index (χ1) is 7.66. The van der Waals surface area contributed by atoms with Crippen molar-refractivity contribution in [1.82, 2.24) is 0 Å². The number of nitrogens with zero attached hydrogens (tertiary/aromatic N) is 2. The van der Waals surface area contributed by atoms with E-state index in [0.29, 0.717) is 5.92 Å². The molecule has 1 aliphatic rings. The van der Waals surface area contributed by atoms with Crippen LogP contribution in [0.4, 0.5) is 0 Å². The first kappa shape index (κ1) is 10.7. The number of guanidine groups is 1. The minimum absolute atomic E-state index is 0.00487. The molecule has 0 aliphatic heterocycles. The summed E-state index contributed by atoms with van der Waals surface area (Å²) >= 11 is 0. The Morgan fingerprint density at radius 3 is 2.25 bits per heavy atom. The number of aryl methyl sites for hydroxylation is 1. The predicted octanol–water partition coefficient (Wildman–Crippen LogP) is 1.38. The Balaban J connectivity index is 2.29. The predicted molar refractivity (Wildman–Crippen MR) is 66.2 cm³/mol. The van der Waals surface area contributed by atoms with E-state index in [1.54, 1.807) is 0 Å². The molecule has 0 spiro atoms. The maximum atomic E-state index is 5.28. The van der Waals surface area contributed by atoms with Gasteiger partial charge in [-0.3, -0.25) is 0 Å². The van der Waals surface area contributed by atoms with Crippen molar-refractivity contribution in [2.24, 2.45) is 27.6 Å².